The van der Waals surface area contributed by atoms with Gasteiger partial charge < -0.3 is 19.9 Å². The van der Waals surface area contributed by atoms with Crippen LogP contribution in [0.2, 0.25) is 0 Å². The topological polar surface area (TPSA) is 61.9 Å². The SMILES string of the molecule is COCC(=O)N1CCN(C(=O)NC2CCC(C)(C)c3ccccc32)CC1. The third-order valence-corrected chi connectivity index (χ3v) is 5.61. The number of rotatable bonds is 3. The Hall–Kier alpha value is -2.08. The van der Waals surface area contributed by atoms with Gasteiger partial charge in [-0.1, -0.05) is 38.1 Å². The first-order valence-corrected chi connectivity index (χ1v) is 9.34. The van der Waals surface area contributed by atoms with Gasteiger partial charge >= 0.3 is 6.03 Å². The third-order valence-electron chi connectivity index (χ3n) is 5.61. The fraction of sp³-hybridized carbons (Fsp3) is 0.600. The second kappa shape index (κ2) is 7.66. The minimum atomic E-state index is -0.0386. The van der Waals surface area contributed by atoms with Gasteiger partial charge in [0, 0.05) is 33.3 Å². The van der Waals surface area contributed by atoms with Crippen molar-refractivity contribution in [1.29, 1.82) is 0 Å². The zero-order valence-corrected chi connectivity index (χ0v) is 16.0. The molecule has 1 heterocycles. The van der Waals surface area contributed by atoms with E-state index in [0.29, 0.717) is 26.2 Å². The molecule has 0 spiro atoms. The molecule has 0 bridgehead atoms. The van der Waals surface area contributed by atoms with Crippen LogP contribution < -0.4 is 5.32 Å². The smallest absolute Gasteiger partial charge is 0.318 e. The summed E-state index contributed by atoms with van der Waals surface area (Å²) in [6, 6.07) is 8.43. The van der Waals surface area contributed by atoms with Crippen LogP contribution in [0.25, 0.3) is 0 Å². The van der Waals surface area contributed by atoms with Crippen molar-refractivity contribution in [1.82, 2.24) is 15.1 Å². The van der Waals surface area contributed by atoms with Crippen LogP contribution in [0.15, 0.2) is 24.3 Å². The molecular formula is C20H29N3O3. The molecule has 1 unspecified atom stereocenters. The first-order valence-electron chi connectivity index (χ1n) is 9.34. The van der Waals surface area contributed by atoms with E-state index in [9.17, 15) is 9.59 Å². The molecule has 1 aromatic rings. The number of urea groups is 1. The van der Waals surface area contributed by atoms with Crippen LogP contribution in [0.5, 0.6) is 0 Å². The number of nitrogens with zero attached hydrogens (tertiary/aromatic N) is 2. The summed E-state index contributed by atoms with van der Waals surface area (Å²) in [5.41, 5.74) is 2.70. The van der Waals surface area contributed by atoms with E-state index in [1.807, 2.05) is 6.07 Å². The number of hydrogen-bond donors (Lipinski definition) is 1. The zero-order valence-electron chi connectivity index (χ0n) is 16.0. The predicted octanol–water partition coefficient (Wildman–Crippen LogP) is 2.30. The van der Waals surface area contributed by atoms with Crippen molar-refractivity contribution in [2.75, 3.05) is 39.9 Å². The van der Waals surface area contributed by atoms with Crippen molar-refractivity contribution < 1.29 is 14.3 Å². The lowest BCUT2D eigenvalue weighted by Crippen LogP contribution is -2.54. The molecule has 0 saturated carbocycles. The molecular weight excluding hydrogens is 330 g/mol. The first-order chi connectivity index (χ1) is 12.4. The van der Waals surface area contributed by atoms with Gasteiger partial charge in [0.2, 0.25) is 5.91 Å². The summed E-state index contributed by atoms with van der Waals surface area (Å²) in [5, 5.41) is 3.21. The van der Waals surface area contributed by atoms with Gasteiger partial charge in [0.15, 0.2) is 0 Å². The second-order valence-corrected chi connectivity index (χ2v) is 7.81. The number of carbonyl (C=O) groups excluding carboxylic acids is 2. The Balaban J connectivity index is 1.60. The fourth-order valence-electron chi connectivity index (χ4n) is 3.98. The standard InChI is InChI=1S/C20H29N3O3/c1-20(2)9-8-17(15-6-4-5-7-16(15)20)21-19(25)23-12-10-22(11-13-23)18(24)14-26-3/h4-7,17H,8-14H2,1-3H3,(H,21,25). The van der Waals surface area contributed by atoms with Crippen LogP contribution in [0.1, 0.15) is 43.9 Å². The van der Waals surface area contributed by atoms with Crippen molar-refractivity contribution >= 4 is 11.9 Å². The fourth-order valence-corrected chi connectivity index (χ4v) is 3.98. The highest BCUT2D eigenvalue weighted by Gasteiger charge is 2.34. The summed E-state index contributed by atoms with van der Waals surface area (Å²) < 4.78 is 4.90. The van der Waals surface area contributed by atoms with Gasteiger partial charge in [-0.05, 0) is 29.4 Å². The average molecular weight is 359 g/mol. The molecule has 6 nitrogen and oxygen atoms in total. The largest absolute Gasteiger partial charge is 0.375 e. The number of carbonyl (C=O) groups is 2. The molecule has 3 amide bonds. The monoisotopic (exact) mass is 359 g/mol. The Morgan fingerprint density at radius 2 is 1.81 bits per heavy atom. The Bertz CT molecular complexity index is 666. The number of benzene rings is 1. The molecule has 1 atom stereocenters. The molecule has 1 aromatic carbocycles. The Labute approximate surface area is 155 Å². The van der Waals surface area contributed by atoms with E-state index in [1.165, 1.54) is 18.2 Å². The van der Waals surface area contributed by atoms with E-state index < -0.39 is 0 Å². The van der Waals surface area contributed by atoms with Gasteiger partial charge in [0.25, 0.3) is 0 Å². The highest BCUT2D eigenvalue weighted by atomic mass is 16.5. The molecule has 142 valence electrons. The maximum atomic E-state index is 12.7. The molecule has 1 aliphatic carbocycles. The van der Waals surface area contributed by atoms with Gasteiger partial charge in [0.05, 0.1) is 6.04 Å². The van der Waals surface area contributed by atoms with E-state index in [-0.39, 0.29) is 30.0 Å². The normalized spacial score (nSPS) is 21.9. The highest BCUT2D eigenvalue weighted by molar-refractivity contribution is 5.78. The quantitative estimate of drug-likeness (QED) is 0.901. The minimum Gasteiger partial charge on any atom is -0.375 e. The number of hydrogen-bond acceptors (Lipinski definition) is 3. The van der Waals surface area contributed by atoms with E-state index in [1.54, 1.807) is 9.80 Å². The van der Waals surface area contributed by atoms with Crippen molar-refractivity contribution in [3.8, 4) is 0 Å². The Morgan fingerprint density at radius 3 is 2.50 bits per heavy atom. The van der Waals surface area contributed by atoms with Gasteiger partial charge in [-0.25, -0.2) is 4.79 Å². The van der Waals surface area contributed by atoms with E-state index in [2.05, 4.69) is 37.4 Å². The maximum absolute atomic E-state index is 12.7. The van der Waals surface area contributed by atoms with Crippen LogP contribution >= 0.6 is 0 Å². The third kappa shape index (κ3) is 3.85. The van der Waals surface area contributed by atoms with Crippen molar-refractivity contribution in [3.63, 3.8) is 0 Å². The summed E-state index contributed by atoms with van der Waals surface area (Å²) in [6.07, 6.45) is 2.00. The van der Waals surface area contributed by atoms with E-state index in [0.717, 1.165) is 12.8 Å². The number of ether oxygens (including phenoxy) is 1. The van der Waals surface area contributed by atoms with Gasteiger partial charge in [-0.3, -0.25) is 4.79 Å². The molecule has 0 radical (unpaired) electrons. The van der Waals surface area contributed by atoms with Crippen LogP contribution in [0.3, 0.4) is 0 Å². The van der Waals surface area contributed by atoms with E-state index in [4.69, 9.17) is 4.74 Å². The molecule has 1 aliphatic heterocycles. The molecule has 1 fully saturated rings. The summed E-state index contributed by atoms with van der Waals surface area (Å²) >= 11 is 0. The zero-order chi connectivity index (χ0) is 18.7. The molecule has 26 heavy (non-hydrogen) atoms. The van der Waals surface area contributed by atoms with Crippen LogP contribution in [0.4, 0.5) is 4.79 Å². The summed E-state index contributed by atoms with van der Waals surface area (Å²) in [6.45, 7) is 6.86. The number of amides is 3. The second-order valence-electron chi connectivity index (χ2n) is 7.81. The van der Waals surface area contributed by atoms with Crippen LogP contribution in [-0.4, -0.2) is 61.6 Å². The van der Waals surface area contributed by atoms with Gasteiger partial charge in [-0.15, -0.1) is 0 Å². The van der Waals surface area contributed by atoms with Crippen molar-refractivity contribution in [2.24, 2.45) is 0 Å². The number of methoxy groups -OCH3 is 1. The molecule has 1 N–H and O–H groups in total. The number of piperazine rings is 1. The minimum absolute atomic E-state index is 0.0176. The molecule has 3 rings (SSSR count). The Kier molecular flexibility index (Phi) is 5.51. The maximum Gasteiger partial charge on any atom is 0.318 e. The van der Waals surface area contributed by atoms with Gasteiger partial charge in [0.1, 0.15) is 6.61 Å². The van der Waals surface area contributed by atoms with Crippen molar-refractivity contribution in [3.05, 3.63) is 35.4 Å². The van der Waals surface area contributed by atoms with Crippen LogP contribution in [0, 0.1) is 0 Å². The molecule has 6 heteroatoms. The highest BCUT2D eigenvalue weighted by Crippen LogP contribution is 2.41. The first kappa shape index (κ1) is 18.7. The lowest BCUT2D eigenvalue weighted by atomic mass is 9.71. The summed E-state index contributed by atoms with van der Waals surface area (Å²) in [4.78, 5) is 28.2. The molecule has 1 saturated heterocycles. The average Bonchev–Trinajstić information content (AvgIpc) is 2.64. The molecule has 0 aromatic heterocycles. The molecule has 2 aliphatic rings. The van der Waals surface area contributed by atoms with Crippen LogP contribution in [-0.2, 0) is 14.9 Å². The lowest BCUT2D eigenvalue weighted by molar-refractivity contribution is -0.136. The number of fused-ring (bicyclic) bond motifs is 1. The van der Waals surface area contributed by atoms with Crippen molar-refractivity contribution in [2.45, 2.75) is 38.1 Å². The predicted molar refractivity (Wildman–Crippen MR) is 100 cm³/mol. The summed E-state index contributed by atoms with van der Waals surface area (Å²) in [5.74, 6) is -0.0176. The van der Waals surface area contributed by atoms with Gasteiger partial charge in [-0.2, -0.15) is 0 Å². The summed E-state index contributed by atoms with van der Waals surface area (Å²) in [7, 11) is 1.52. The number of nitrogens with one attached hydrogen (secondary N) is 1. The lowest BCUT2D eigenvalue weighted by Gasteiger charge is -2.39. The Morgan fingerprint density at radius 1 is 1.15 bits per heavy atom. The van der Waals surface area contributed by atoms with E-state index >= 15 is 0 Å².